The van der Waals surface area contributed by atoms with Crippen LogP contribution in [-0.2, 0) is 26.2 Å². The number of carboxylic acids is 1. The van der Waals surface area contributed by atoms with Crippen molar-refractivity contribution in [3.8, 4) is 17.0 Å². The molecular weight excluding hydrogens is 671 g/mol. The molecule has 4 aromatic rings. The normalized spacial score (nSPS) is 26.3. The number of amides is 1. The summed E-state index contributed by atoms with van der Waals surface area (Å²) in [4.78, 5) is 53.4. The molecule has 0 radical (unpaired) electrons. The van der Waals surface area contributed by atoms with Crippen LogP contribution in [-0.4, -0.2) is 56.3 Å². The van der Waals surface area contributed by atoms with Gasteiger partial charge in [0.2, 0.25) is 5.91 Å². The van der Waals surface area contributed by atoms with E-state index in [1.165, 1.54) is 0 Å². The number of thiazole rings is 1. The van der Waals surface area contributed by atoms with Crippen molar-refractivity contribution in [3.63, 3.8) is 0 Å². The van der Waals surface area contributed by atoms with Gasteiger partial charge in [-0.15, -0.1) is 11.3 Å². The summed E-state index contributed by atoms with van der Waals surface area (Å²) in [6, 6.07) is 17.2. The number of pyridine rings is 1. The molecule has 0 unspecified atom stereocenters. The third-order valence-corrected chi connectivity index (χ3v) is 12.0. The number of Topliss-reactive ketones (excluding diaryl/α,β-unsaturated/α-hetero) is 1. The molecular formula is C43H49N3O5S. The van der Waals surface area contributed by atoms with Crippen LogP contribution in [0.1, 0.15) is 88.4 Å². The fourth-order valence-corrected chi connectivity index (χ4v) is 9.01. The summed E-state index contributed by atoms with van der Waals surface area (Å²) in [6.07, 6.45) is 9.19. The summed E-state index contributed by atoms with van der Waals surface area (Å²) in [6.45, 7) is 8.70. The molecule has 9 heteroatoms. The van der Waals surface area contributed by atoms with Crippen LogP contribution in [0.3, 0.4) is 0 Å². The van der Waals surface area contributed by atoms with Gasteiger partial charge in [0, 0.05) is 53.0 Å². The van der Waals surface area contributed by atoms with Crippen LogP contribution in [0.25, 0.3) is 22.2 Å². The van der Waals surface area contributed by atoms with Crippen molar-refractivity contribution in [1.82, 2.24) is 14.9 Å². The fraction of sp³-hybridized carbons (Fsp3) is 0.465. The Morgan fingerprint density at radius 1 is 1.06 bits per heavy atom. The maximum absolute atomic E-state index is 14.8. The monoisotopic (exact) mass is 719 g/mol. The molecule has 1 saturated heterocycles. The van der Waals surface area contributed by atoms with E-state index in [1.54, 1.807) is 16.2 Å². The molecule has 2 fully saturated rings. The van der Waals surface area contributed by atoms with Crippen LogP contribution in [0.5, 0.6) is 5.75 Å². The van der Waals surface area contributed by atoms with E-state index in [-0.39, 0.29) is 41.9 Å². The topological polar surface area (TPSA) is 110 Å². The lowest BCUT2D eigenvalue weighted by atomic mass is 9.91. The predicted molar refractivity (Wildman–Crippen MR) is 204 cm³/mol. The molecule has 1 N–H and O–H groups in total. The summed E-state index contributed by atoms with van der Waals surface area (Å²) >= 11 is 1.59. The van der Waals surface area contributed by atoms with Gasteiger partial charge in [0.15, 0.2) is 5.78 Å². The van der Waals surface area contributed by atoms with Gasteiger partial charge in [-0.25, -0.2) is 9.97 Å². The quantitative estimate of drug-likeness (QED) is 0.199. The van der Waals surface area contributed by atoms with Crippen molar-refractivity contribution in [1.29, 1.82) is 0 Å². The number of rotatable bonds is 6. The number of ether oxygens (including phenoxy) is 1. The highest BCUT2D eigenvalue weighted by atomic mass is 32.1. The summed E-state index contributed by atoms with van der Waals surface area (Å²) in [5.74, 6) is -1.07. The van der Waals surface area contributed by atoms with Crippen molar-refractivity contribution < 1.29 is 24.2 Å². The van der Waals surface area contributed by atoms with Crippen LogP contribution in [0, 0.1) is 24.2 Å². The SMILES string of the molecule is Cc1ccc2c(O[C@@H]3C[C@H]4C(=O)C[C@]5(C(=O)O)C[C@@H]5/C=C\CCCCC[C@H](Cc5nc(C(C)(C)C)cs5)C(=O)N4C3)cc(-c3ccccc3)nc2c1. The summed E-state index contributed by atoms with van der Waals surface area (Å²) < 4.78 is 6.81. The van der Waals surface area contributed by atoms with Crippen molar-refractivity contribution in [2.45, 2.75) is 103 Å². The molecule has 5 atom stereocenters. The number of aliphatic carboxylic acids is 1. The molecule has 7 rings (SSSR count). The third kappa shape index (κ3) is 7.56. The van der Waals surface area contributed by atoms with Crippen LogP contribution in [0.15, 0.2) is 72.1 Å². The first-order chi connectivity index (χ1) is 24.9. The van der Waals surface area contributed by atoms with Gasteiger partial charge in [-0.1, -0.05) is 82.2 Å². The molecule has 2 aromatic heterocycles. The Morgan fingerprint density at radius 3 is 2.62 bits per heavy atom. The van der Waals surface area contributed by atoms with Crippen molar-refractivity contribution in [3.05, 3.63) is 88.4 Å². The second-order valence-electron chi connectivity index (χ2n) is 16.1. The lowest BCUT2D eigenvalue weighted by Gasteiger charge is -2.28. The molecule has 1 aliphatic carbocycles. The van der Waals surface area contributed by atoms with Gasteiger partial charge in [0.25, 0.3) is 0 Å². The zero-order valence-corrected chi connectivity index (χ0v) is 31.5. The lowest BCUT2D eigenvalue weighted by Crippen LogP contribution is -2.45. The number of fused-ring (bicyclic) bond motifs is 3. The van der Waals surface area contributed by atoms with Gasteiger partial charge in [-0.05, 0) is 56.2 Å². The number of aryl methyl sites for hydroxylation is 1. The average Bonchev–Trinajstić information content (AvgIpc) is 3.39. The number of carboxylic acid groups (broad SMARTS) is 1. The highest BCUT2D eigenvalue weighted by molar-refractivity contribution is 7.09. The van der Waals surface area contributed by atoms with Crippen LogP contribution >= 0.6 is 11.3 Å². The van der Waals surface area contributed by atoms with Gasteiger partial charge in [0.1, 0.15) is 11.9 Å². The van der Waals surface area contributed by atoms with E-state index in [9.17, 15) is 19.5 Å². The number of nitrogens with zero attached hydrogens (tertiary/aromatic N) is 3. The average molecular weight is 720 g/mol. The lowest BCUT2D eigenvalue weighted by molar-refractivity contribution is -0.147. The van der Waals surface area contributed by atoms with E-state index in [0.29, 0.717) is 31.4 Å². The fourth-order valence-electron chi connectivity index (χ4n) is 7.91. The minimum Gasteiger partial charge on any atom is -0.488 e. The number of benzene rings is 2. The number of hydrogen-bond acceptors (Lipinski definition) is 7. The maximum atomic E-state index is 14.8. The first-order valence-corrected chi connectivity index (χ1v) is 19.6. The Labute approximate surface area is 310 Å². The first kappa shape index (κ1) is 36.0. The van der Waals surface area contributed by atoms with Gasteiger partial charge in [-0.3, -0.25) is 14.4 Å². The molecule has 272 valence electrons. The number of carbonyl (C=O) groups excluding carboxylic acids is 2. The smallest absolute Gasteiger partial charge is 0.310 e. The van der Waals surface area contributed by atoms with Crippen molar-refractivity contribution in [2.75, 3.05) is 6.54 Å². The number of carbonyl (C=O) groups is 3. The molecule has 3 aliphatic rings. The summed E-state index contributed by atoms with van der Waals surface area (Å²) in [5, 5.41) is 14.2. The number of aromatic nitrogens is 2. The Bertz CT molecular complexity index is 2000. The molecule has 8 nitrogen and oxygen atoms in total. The first-order valence-electron chi connectivity index (χ1n) is 18.7. The Morgan fingerprint density at radius 2 is 1.87 bits per heavy atom. The van der Waals surface area contributed by atoms with Crippen molar-refractivity contribution in [2.24, 2.45) is 17.3 Å². The standard InChI is InChI=1S/C43H49N3O5S/c1-27-17-18-32-34(19-27)44-33(28-13-10-8-11-14-28)22-37(32)51-31-21-35-36(47)24-43(41(49)50)23-30(43)16-12-7-5-6-9-15-29(40(48)46(35)25-31)20-39-45-38(26-52-39)42(2,3)4/h8,10-14,16-19,22,26,29-31,35H,5-7,9,15,20-21,23-25H2,1-4H3,(H,49,50)/b16-12-/t29-,30+,31-,35+,43-/m1/s1. The minimum atomic E-state index is -1.12. The van der Waals surface area contributed by atoms with Gasteiger partial charge in [-0.2, -0.15) is 0 Å². The van der Waals surface area contributed by atoms with Gasteiger partial charge < -0.3 is 14.7 Å². The van der Waals surface area contributed by atoms with E-state index in [2.05, 4.69) is 32.2 Å². The minimum absolute atomic E-state index is 0.0677. The molecule has 2 aromatic carbocycles. The zero-order chi connectivity index (χ0) is 36.6. The molecule has 0 spiro atoms. The van der Waals surface area contributed by atoms with Crippen LogP contribution in [0.2, 0.25) is 0 Å². The molecule has 1 saturated carbocycles. The van der Waals surface area contributed by atoms with E-state index in [4.69, 9.17) is 14.7 Å². The van der Waals surface area contributed by atoms with Crippen LogP contribution < -0.4 is 4.74 Å². The largest absolute Gasteiger partial charge is 0.488 e. The Kier molecular flexibility index (Phi) is 10.1. The van der Waals surface area contributed by atoms with Crippen LogP contribution in [0.4, 0.5) is 0 Å². The number of ketones is 1. The van der Waals surface area contributed by atoms with Crippen molar-refractivity contribution >= 4 is 39.9 Å². The predicted octanol–water partition coefficient (Wildman–Crippen LogP) is 8.74. The van der Waals surface area contributed by atoms with Gasteiger partial charge >= 0.3 is 5.97 Å². The molecule has 1 amide bonds. The number of allylic oxidation sites excluding steroid dienone is 2. The Hall–Kier alpha value is -4.37. The summed E-state index contributed by atoms with van der Waals surface area (Å²) in [7, 11) is 0. The van der Waals surface area contributed by atoms with E-state index in [1.807, 2.05) is 67.6 Å². The highest BCUT2D eigenvalue weighted by Crippen LogP contribution is 2.57. The Balaban J connectivity index is 1.22. The van der Waals surface area contributed by atoms with E-state index < -0.39 is 23.5 Å². The summed E-state index contributed by atoms with van der Waals surface area (Å²) in [5.41, 5.74) is 3.44. The van der Waals surface area contributed by atoms with Gasteiger partial charge in [0.05, 0.1) is 39.9 Å². The van der Waals surface area contributed by atoms with E-state index in [0.717, 1.165) is 64.1 Å². The molecule has 52 heavy (non-hydrogen) atoms. The highest BCUT2D eigenvalue weighted by Gasteiger charge is 2.61. The van der Waals surface area contributed by atoms with E-state index >= 15 is 0 Å². The number of hydrogen-bond donors (Lipinski definition) is 1. The third-order valence-electron chi connectivity index (χ3n) is 11.1. The molecule has 2 aliphatic heterocycles. The molecule has 0 bridgehead atoms. The maximum Gasteiger partial charge on any atom is 0.310 e. The second kappa shape index (κ2) is 14.6. The zero-order valence-electron chi connectivity index (χ0n) is 30.6. The second-order valence-corrected chi connectivity index (χ2v) is 17.1. The molecule has 4 heterocycles.